The van der Waals surface area contributed by atoms with Gasteiger partial charge in [-0.25, -0.2) is 0 Å². The third-order valence-electron chi connectivity index (χ3n) is 2.99. The second-order valence-corrected chi connectivity index (χ2v) is 6.42. The highest BCUT2D eigenvalue weighted by Crippen LogP contribution is 2.21. The van der Waals surface area contributed by atoms with Crippen molar-refractivity contribution in [2.75, 3.05) is 12.9 Å². The molecule has 0 saturated carbocycles. The Hall–Kier alpha value is -1.03. The van der Waals surface area contributed by atoms with E-state index in [1.807, 2.05) is 30.3 Å². The fourth-order valence-electron chi connectivity index (χ4n) is 1.98. The Balaban J connectivity index is 1.90. The van der Waals surface area contributed by atoms with Gasteiger partial charge in [-0.1, -0.05) is 30.3 Å². The summed E-state index contributed by atoms with van der Waals surface area (Å²) in [6.07, 6.45) is -4.13. The average Bonchev–Trinajstić information content (AvgIpc) is 2.43. The normalized spacial score (nSPS) is 30.2. The quantitative estimate of drug-likeness (QED) is 0.714. The van der Waals surface area contributed by atoms with E-state index in [1.165, 1.54) is 0 Å². The van der Waals surface area contributed by atoms with E-state index >= 15 is 0 Å². The van der Waals surface area contributed by atoms with Gasteiger partial charge < -0.3 is 19.7 Å². The van der Waals surface area contributed by atoms with Crippen LogP contribution >= 0.6 is 0 Å². The first kappa shape index (κ1) is 16.3. The summed E-state index contributed by atoms with van der Waals surface area (Å²) >= 11 is 0. The van der Waals surface area contributed by atoms with E-state index in [-0.39, 0.29) is 13.2 Å². The van der Waals surface area contributed by atoms with Crippen molar-refractivity contribution in [3.8, 4) is 0 Å². The van der Waals surface area contributed by atoms with Gasteiger partial charge in [0.05, 0.1) is 19.5 Å². The summed E-state index contributed by atoms with van der Waals surface area (Å²) in [4.78, 5) is 0. The van der Waals surface area contributed by atoms with Gasteiger partial charge in [-0.2, -0.15) is 8.42 Å². The maximum absolute atomic E-state index is 11.0. The monoisotopic (exact) mass is 318 g/mol. The largest absolute Gasteiger partial charge is 0.387 e. The predicted molar refractivity (Wildman–Crippen MR) is 72.7 cm³/mol. The number of hydrogen-bond acceptors (Lipinski definition) is 7. The third kappa shape index (κ3) is 4.73. The van der Waals surface area contributed by atoms with Crippen LogP contribution in [0.2, 0.25) is 0 Å². The van der Waals surface area contributed by atoms with E-state index in [0.717, 1.165) is 11.8 Å². The van der Waals surface area contributed by atoms with Crippen LogP contribution in [0.3, 0.4) is 0 Å². The molecule has 0 amide bonds. The summed E-state index contributed by atoms with van der Waals surface area (Å²) in [6, 6.07) is 9.26. The van der Waals surface area contributed by atoms with Crippen molar-refractivity contribution in [3.05, 3.63) is 35.9 Å². The van der Waals surface area contributed by atoms with E-state index in [0.29, 0.717) is 0 Å². The molecule has 1 aromatic rings. The van der Waals surface area contributed by atoms with Crippen LogP contribution in [-0.4, -0.2) is 56.1 Å². The van der Waals surface area contributed by atoms with Gasteiger partial charge in [-0.3, -0.25) is 4.18 Å². The molecule has 1 aliphatic rings. The zero-order chi connectivity index (χ0) is 15.5. The molecule has 0 radical (unpaired) electrons. The minimum Gasteiger partial charge on any atom is -0.387 e. The van der Waals surface area contributed by atoms with Crippen molar-refractivity contribution in [2.45, 2.75) is 31.2 Å². The highest BCUT2D eigenvalue weighted by atomic mass is 32.2. The van der Waals surface area contributed by atoms with Crippen LogP contribution in [0.15, 0.2) is 30.3 Å². The second-order valence-electron chi connectivity index (χ2n) is 4.82. The lowest BCUT2D eigenvalue weighted by Gasteiger charge is -2.36. The van der Waals surface area contributed by atoms with Crippen molar-refractivity contribution in [3.63, 3.8) is 0 Å². The van der Waals surface area contributed by atoms with Crippen LogP contribution in [0.25, 0.3) is 0 Å². The van der Waals surface area contributed by atoms with Gasteiger partial charge in [0.2, 0.25) is 0 Å². The van der Waals surface area contributed by atoms with Crippen LogP contribution in [-0.2, 0) is 30.4 Å². The van der Waals surface area contributed by atoms with E-state index in [9.17, 15) is 18.6 Å². The highest BCUT2D eigenvalue weighted by Gasteiger charge is 2.41. The molecule has 8 heteroatoms. The summed E-state index contributed by atoms with van der Waals surface area (Å²) in [6.45, 7) is 0.0115. The van der Waals surface area contributed by atoms with Gasteiger partial charge in [0.15, 0.2) is 6.29 Å². The molecule has 0 bridgehead atoms. The molecule has 0 unspecified atom stereocenters. The van der Waals surface area contributed by atoms with Gasteiger partial charge >= 0.3 is 0 Å². The fraction of sp³-hybridized carbons (Fsp3) is 0.538. The van der Waals surface area contributed by atoms with Crippen molar-refractivity contribution in [2.24, 2.45) is 0 Å². The molecule has 1 aromatic carbocycles. The Labute approximate surface area is 123 Å². The SMILES string of the molecule is CS(=O)(=O)O[C@H]1CO[C@H](OCc2ccccc2)[C@H](O)[C@H]1O. The fourth-order valence-corrected chi connectivity index (χ4v) is 2.59. The Morgan fingerprint density at radius 3 is 2.52 bits per heavy atom. The molecule has 21 heavy (non-hydrogen) atoms. The van der Waals surface area contributed by atoms with Crippen molar-refractivity contribution >= 4 is 10.1 Å². The van der Waals surface area contributed by atoms with Crippen molar-refractivity contribution in [1.29, 1.82) is 0 Å². The van der Waals surface area contributed by atoms with Gasteiger partial charge in [-0.05, 0) is 5.56 Å². The molecule has 2 rings (SSSR count). The number of rotatable bonds is 5. The number of benzene rings is 1. The number of aliphatic hydroxyl groups excluding tert-OH is 2. The van der Waals surface area contributed by atoms with Gasteiger partial charge in [0, 0.05) is 0 Å². The molecule has 1 aliphatic heterocycles. The Bertz CT molecular complexity index is 545. The first-order chi connectivity index (χ1) is 9.87. The standard InChI is InChI=1S/C13H18O7S/c1-21(16,17)20-10-8-19-13(12(15)11(10)14)18-7-9-5-3-2-4-6-9/h2-6,10-15H,7-8H2,1H3/t10-,11-,12+,13-/m0/s1. The molecule has 0 aromatic heterocycles. The molecule has 1 saturated heterocycles. The van der Waals surface area contributed by atoms with Gasteiger partial charge in [-0.15, -0.1) is 0 Å². The van der Waals surface area contributed by atoms with E-state index < -0.39 is 34.7 Å². The molecular formula is C13H18O7S. The first-order valence-corrected chi connectivity index (χ1v) is 8.20. The van der Waals surface area contributed by atoms with Crippen molar-refractivity contribution < 1.29 is 32.3 Å². The third-order valence-corrected chi connectivity index (χ3v) is 3.59. The number of aliphatic hydroxyl groups is 2. The Morgan fingerprint density at radius 2 is 1.90 bits per heavy atom. The summed E-state index contributed by atoms with van der Waals surface area (Å²) in [5, 5.41) is 19.8. The second kappa shape index (κ2) is 6.82. The zero-order valence-corrected chi connectivity index (χ0v) is 12.3. The van der Waals surface area contributed by atoms with E-state index in [2.05, 4.69) is 4.18 Å². The molecule has 2 N–H and O–H groups in total. The Kier molecular flexibility index (Phi) is 5.31. The summed E-state index contributed by atoms with van der Waals surface area (Å²) in [5.74, 6) is 0. The van der Waals surface area contributed by atoms with Crippen molar-refractivity contribution in [1.82, 2.24) is 0 Å². The maximum atomic E-state index is 11.0. The topological polar surface area (TPSA) is 102 Å². The lowest BCUT2D eigenvalue weighted by molar-refractivity contribution is -0.269. The maximum Gasteiger partial charge on any atom is 0.264 e. The van der Waals surface area contributed by atoms with Crippen LogP contribution in [0.4, 0.5) is 0 Å². The van der Waals surface area contributed by atoms with Crippen LogP contribution in [0.1, 0.15) is 5.56 Å². The van der Waals surface area contributed by atoms with Crippen LogP contribution in [0.5, 0.6) is 0 Å². The number of ether oxygens (including phenoxy) is 2. The molecule has 0 spiro atoms. The zero-order valence-electron chi connectivity index (χ0n) is 11.5. The lowest BCUT2D eigenvalue weighted by Crippen LogP contribution is -2.55. The molecule has 0 aliphatic carbocycles. The molecule has 1 fully saturated rings. The first-order valence-electron chi connectivity index (χ1n) is 6.38. The summed E-state index contributed by atoms with van der Waals surface area (Å²) < 4.78 is 37.4. The molecule has 4 atom stereocenters. The Morgan fingerprint density at radius 1 is 1.24 bits per heavy atom. The smallest absolute Gasteiger partial charge is 0.264 e. The highest BCUT2D eigenvalue weighted by molar-refractivity contribution is 7.86. The van der Waals surface area contributed by atoms with Gasteiger partial charge in [0.1, 0.15) is 18.3 Å². The number of hydrogen-bond donors (Lipinski definition) is 2. The van der Waals surface area contributed by atoms with Gasteiger partial charge in [0.25, 0.3) is 10.1 Å². The van der Waals surface area contributed by atoms with E-state index in [4.69, 9.17) is 9.47 Å². The molecule has 118 valence electrons. The van der Waals surface area contributed by atoms with Crippen LogP contribution < -0.4 is 0 Å². The van der Waals surface area contributed by atoms with Crippen LogP contribution in [0, 0.1) is 0 Å². The molecule has 1 heterocycles. The average molecular weight is 318 g/mol. The molecular weight excluding hydrogens is 300 g/mol. The predicted octanol–water partition coefficient (Wildman–Crippen LogP) is -0.374. The lowest BCUT2D eigenvalue weighted by atomic mass is 10.1. The summed E-state index contributed by atoms with van der Waals surface area (Å²) in [7, 11) is -3.74. The summed E-state index contributed by atoms with van der Waals surface area (Å²) in [5.41, 5.74) is 0.886. The minimum absolute atomic E-state index is 0.190. The molecule has 7 nitrogen and oxygen atoms in total. The minimum atomic E-state index is -3.74. The van der Waals surface area contributed by atoms with E-state index in [1.54, 1.807) is 0 Å².